The van der Waals surface area contributed by atoms with Crippen LogP contribution in [0.4, 0.5) is 0 Å². The van der Waals surface area contributed by atoms with Crippen molar-refractivity contribution in [1.29, 1.82) is 0 Å². The van der Waals surface area contributed by atoms with E-state index < -0.39 is 11.6 Å². The number of epoxide rings is 1. The molecule has 2 atom stereocenters. The van der Waals surface area contributed by atoms with E-state index in [1.807, 2.05) is 0 Å². The van der Waals surface area contributed by atoms with Crippen molar-refractivity contribution in [3.8, 4) is 0 Å². The first-order chi connectivity index (χ1) is 5.63. The van der Waals surface area contributed by atoms with Crippen molar-refractivity contribution in [3.05, 3.63) is 12.2 Å². The zero-order valence-electron chi connectivity index (χ0n) is 6.62. The van der Waals surface area contributed by atoms with Gasteiger partial charge in [0.05, 0.1) is 7.11 Å². The van der Waals surface area contributed by atoms with Gasteiger partial charge < -0.3 is 9.47 Å². The molecule has 2 aliphatic rings. The Hall–Kier alpha value is -1.16. The number of fused-ring (bicyclic) bond motifs is 1. The van der Waals surface area contributed by atoms with Gasteiger partial charge in [-0.1, -0.05) is 6.58 Å². The number of rotatable bonds is 1. The van der Waals surface area contributed by atoms with E-state index in [0.29, 0.717) is 12.0 Å². The fourth-order valence-corrected chi connectivity index (χ4v) is 1.58. The van der Waals surface area contributed by atoms with E-state index in [2.05, 4.69) is 11.3 Å². The Bertz CT molecular complexity index is 293. The molecule has 0 amide bonds. The Morgan fingerprint density at radius 1 is 1.83 bits per heavy atom. The van der Waals surface area contributed by atoms with Gasteiger partial charge in [0.15, 0.2) is 0 Å². The van der Waals surface area contributed by atoms with Crippen molar-refractivity contribution >= 4 is 11.8 Å². The summed E-state index contributed by atoms with van der Waals surface area (Å²) in [5.74, 6) is -0.921. The average molecular weight is 168 g/mol. The summed E-state index contributed by atoms with van der Waals surface area (Å²) in [7, 11) is 1.24. The van der Waals surface area contributed by atoms with E-state index in [-0.39, 0.29) is 11.9 Å². The van der Waals surface area contributed by atoms with Gasteiger partial charge in [0, 0.05) is 6.42 Å². The van der Waals surface area contributed by atoms with E-state index in [1.165, 1.54) is 7.11 Å². The van der Waals surface area contributed by atoms with Crippen LogP contribution in [0.2, 0.25) is 0 Å². The maximum Gasteiger partial charge on any atom is 0.349 e. The molecule has 1 aliphatic carbocycles. The second-order valence-corrected chi connectivity index (χ2v) is 2.97. The molecule has 2 rings (SSSR count). The molecule has 0 aromatic rings. The Morgan fingerprint density at radius 2 is 2.50 bits per heavy atom. The van der Waals surface area contributed by atoms with Gasteiger partial charge in [0.1, 0.15) is 6.10 Å². The van der Waals surface area contributed by atoms with Gasteiger partial charge >= 0.3 is 5.97 Å². The maximum absolute atomic E-state index is 11.3. The molecule has 0 aromatic carbocycles. The number of Topliss-reactive ketones (excluding diaryl/α,β-unsaturated/α-hetero) is 1. The summed E-state index contributed by atoms with van der Waals surface area (Å²) in [4.78, 5) is 22.5. The topological polar surface area (TPSA) is 55.9 Å². The molecule has 0 N–H and O–H groups in total. The van der Waals surface area contributed by atoms with Gasteiger partial charge in [0.2, 0.25) is 5.78 Å². The first-order valence-electron chi connectivity index (χ1n) is 3.61. The van der Waals surface area contributed by atoms with Crippen molar-refractivity contribution in [1.82, 2.24) is 0 Å². The molecule has 1 saturated carbocycles. The largest absolute Gasteiger partial charge is 0.466 e. The SMILES string of the molecule is C=C1CC2OC2(C(=O)OC)C1=O. The first-order valence-corrected chi connectivity index (χ1v) is 3.61. The summed E-state index contributed by atoms with van der Waals surface area (Å²) in [6, 6.07) is 0. The minimum Gasteiger partial charge on any atom is -0.466 e. The van der Waals surface area contributed by atoms with Crippen molar-refractivity contribution in [2.24, 2.45) is 0 Å². The molecule has 2 fully saturated rings. The molecule has 4 nitrogen and oxygen atoms in total. The van der Waals surface area contributed by atoms with Crippen LogP contribution in [-0.4, -0.2) is 30.6 Å². The number of ketones is 1. The molecule has 64 valence electrons. The highest BCUT2D eigenvalue weighted by atomic mass is 16.7. The van der Waals surface area contributed by atoms with Gasteiger partial charge in [-0.25, -0.2) is 4.79 Å². The van der Waals surface area contributed by atoms with Crippen LogP contribution < -0.4 is 0 Å². The van der Waals surface area contributed by atoms with Crippen LogP contribution in [0.3, 0.4) is 0 Å². The van der Waals surface area contributed by atoms with Gasteiger partial charge in [0.25, 0.3) is 5.60 Å². The molecular weight excluding hydrogens is 160 g/mol. The molecule has 4 heteroatoms. The first kappa shape index (κ1) is 7.49. The molecule has 1 saturated heterocycles. The Morgan fingerprint density at radius 3 is 2.92 bits per heavy atom. The zero-order valence-corrected chi connectivity index (χ0v) is 6.62. The number of hydrogen-bond acceptors (Lipinski definition) is 4. The number of carbonyl (C=O) groups is 2. The number of ether oxygens (including phenoxy) is 2. The highest BCUT2D eigenvalue weighted by molar-refractivity contribution is 6.20. The minimum atomic E-state index is -1.30. The second kappa shape index (κ2) is 1.95. The standard InChI is InChI=1S/C8H8O4/c1-4-3-5-8(12-5,6(4)9)7(10)11-2/h5H,1,3H2,2H3. The summed E-state index contributed by atoms with van der Waals surface area (Å²) in [6.45, 7) is 3.54. The van der Waals surface area contributed by atoms with Crippen LogP contribution in [0.1, 0.15) is 6.42 Å². The third kappa shape index (κ3) is 0.610. The van der Waals surface area contributed by atoms with E-state index >= 15 is 0 Å². The molecule has 1 aliphatic heterocycles. The zero-order chi connectivity index (χ0) is 8.93. The van der Waals surface area contributed by atoms with Crippen LogP contribution in [0.25, 0.3) is 0 Å². The summed E-state index contributed by atoms with van der Waals surface area (Å²) in [5.41, 5.74) is -0.845. The van der Waals surface area contributed by atoms with Gasteiger partial charge in [-0.2, -0.15) is 0 Å². The number of hydrogen-bond donors (Lipinski definition) is 0. The van der Waals surface area contributed by atoms with Crippen molar-refractivity contribution in [3.63, 3.8) is 0 Å². The Balaban J connectivity index is 2.31. The summed E-state index contributed by atoms with van der Waals surface area (Å²) in [6.07, 6.45) is 0.137. The van der Waals surface area contributed by atoms with E-state index in [0.717, 1.165) is 0 Å². The predicted octanol–water partition coefficient (Wildman–Crippen LogP) is -0.174. The molecule has 0 radical (unpaired) electrons. The number of methoxy groups -OCH3 is 1. The maximum atomic E-state index is 11.3. The lowest BCUT2D eigenvalue weighted by atomic mass is 10.1. The van der Waals surface area contributed by atoms with Crippen LogP contribution in [-0.2, 0) is 19.1 Å². The highest BCUT2D eigenvalue weighted by Crippen LogP contribution is 2.49. The highest BCUT2D eigenvalue weighted by Gasteiger charge is 2.73. The predicted molar refractivity (Wildman–Crippen MR) is 38.4 cm³/mol. The van der Waals surface area contributed by atoms with E-state index in [1.54, 1.807) is 0 Å². The molecular formula is C8H8O4. The fraction of sp³-hybridized carbons (Fsp3) is 0.500. The summed E-state index contributed by atoms with van der Waals surface area (Å²) < 4.78 is 9.46. The number of esters is 1. The second-order valence-electron chi connectivity index (χ2n) is 2.97. The van der Waals surface area contributed by atoms with Crippen LogP contribution in [0.5, 0.6) is 0 Å². The average Bonchev–Trinajstić information content (AvgIpc) is 2.72. The molecule has 12 heavy (non-hydrogen) atoms. The van der Waals surface area contributed by atoms with E-state index in [9.17, 15) is 9.59 Å². The minimum absolute atomic E-state index is 0.315. The number of carbonyl (C=O) groups excluding carboxylic acids is 2. The quantitative estimate of drug-likeness (QED) is 0.236. The van der Waals surface area contributed by atoms with Crippen LogP contribution in [0.15, 0.2) is 12.2 Å². The van der Waals surface area contributed by atoms with Crippen molar-refractivity contribution in [2.45, 2.75) is 18.1 Å². The molecule has 2 unspecified atom stereocenters. The van der Waals surface area contributed by atoms with Crippen LogP contribution in [0, 0.1) is 0 Å². The van der Waals surface area contributed by atoms with Gasteiger partial charge in [-0.15, -0.1) is 0 Å². The van der Waals surface area contributed by atoms with Crippen molar-refractivity contribution in [2.75, 3.05) is 7.11 Å². The summed E-state index contributed by atoms with van der Waals surface area (Å²) in [5, 5.41) is 0. The fourth-order valence-electron chi connectivity index (χ4n) is 1.58. The van der Waals surface area contributed by atoms with E-state index in [4.69, 9.17) is 4.74 Å². The third-order valence-electron chi connectivity index (χ3n) is 2.30. The van der Waals surface area contributed by atoms with Crippen molar-refractivity contribution < 1.29 is 19.1 Å². The molecule has 0 aromatic heterocycles. The Kier molecular flexibility index (Phi) is 1.22. The van der Waals surface area contributed by atoms with Gasteiger partial charge in [-0.3, -0.25) is 4.79 Å². The summed E-state index contributed by atoms with van der Waals surface area (Å²) >= 11 is 0. The van der Waals surface area contributed by atoms with Crippen LogP contribution >= 0.6 is 0 Å². The third-order valence-corrected chi connectivity index (χ3v) is 2.30. The molecule has 0 spiro atoms. The lowest BCUT2D eigenvalue weighted by molar-refractivity contribution is -0.150. The van der Waals surface area contributed by atoms with Gasteiger partial charge in [-0.05, 0) is 5.57 Å². The normalized spacial score (nSPS) is 37.9. The molecule has 0 bridgehead atoms. The lowest BCUT2D eigenvalue weighted by Crippen LogP contribution is -2.33. The molecule has 1 heterocycles. The smallest absolute Gasteiger partial charge is 0.349 e. The monoisotopic (exact) mass is 168 g/mol. The lowest BCUT2D eigenvalue weighted by Gasteiger charge is -2.03. The Labute approximate surface area is 69.1 Å².